The molecule has 1 aliphatic rings. The lowest BCUT2D eigenvalue weighted by molar-refractivity contribution is -0.137. The number of amidine groups is 1. The molecule has 9 heteroatoms. The number of carboxylic acids is 1. The first-order valence-electron chi connectivity index (χ1n) is 9.98. The summed E-state index contributed by atoms with van der Waals surface area (Å²) >= 11 is 0. The van der Waals surface area contributed by atoms with E-state index in [9.17, 15) is 9.59 Å². The molecule has 162 valence electrons. The van der Waals surface area contributed by atoms with Gasteiger partial charge >= 0.3 is 5.97 Å². The zero-order valence-electron chi connectivity index (χ0n) is 17.0. The van der Waals surface area contributed by atoms with Gasteiger partial charge < -0.3 is 21.0 Å². The highest BCUT2D eigenvalue weighted by atomic mass is 16.6. The number of oxime groups is 1. The van der Waals surface area contributed by atoms with Crippen molar-refractivity contribution in [2.75, 3.05) is 0 Å². The number of nitrogens with zero attached hydrogens (tertiary/aromatic N) is 2. The third-order valence-electron chi connectivity index (χ3n) is 4.99. The fraction of sp³-hybridized carbons (Fsp3) is 0.318. The van der Waals surface area contributed by atoms with Crippen LogP contribution in [0.1, 0.15) is 42.4 Å². The van der Waals surface area contributed by atoms with Crippen molar-refractivity contribution in [1.82, 2.24) is 10.3 Å². The Labute approximate surface area is 179 Å². The minimum atomic E-state index is -0.961. The maximum atomic E-state index is 12.5. The van der Waals surface area contributed by atoms with Crippen LogP contribution in [0.5, 0.6) is 0 Å². The highest BCUT2D eigenvalue weighted by Gasteiger charge is 2.26. The molecule has 1 aromatic carbocycles. The standard InChI is InChI=1S/C22H25N5O4/c23-22(24)16-4-2-15(3-5-16)19-12-18(31-27-19)13-20(28)26-17(11-21(29)30)6-1-14-7-9-25-10-8-14/h2-5,7-10,17-18H,1,6,11-13H2,(H3,23,24)(H,26,28)(H,29,30)/t17-,18?/m1/s1. The zero-order chi connectivity index (χ0) is 22.2. The number of carboxylic acid groups (broad SMARTS) is 1. The molecular formula is C22H25N5O4. The average molecular weight is 423 g/mol. The highest BCUT2D eigenvalue weighted by Crippen LogP contribution is 2.20. The number of hydrogen-bond acceptors (Lipinski definition) is 6. The molecular weight excluding hydrogens is 398 g/mol. The first kappa shape index (κ1) is 21.9. The smallest absolute Gasteiger partial charge is 0.305 e. The second-order valence-corrected chi connectivity index (χ2v) is 7.42. The molecule has 0 bridgehead atoms. The molecule has 1 aromatic heterocycles. The van der Waals surface area contributed by atoms with E-state index in [0.29, 0.717) is 30.5 Å². The molecule has 5 N–H and O–H groups in total. The van der Waals surface area contributed by atoms with Crippen molar-refractivity contribution >= 4 is 23.4 Å². The van der Waals surface area contributed by atoms with E-state index in [1.165, 1.54) is 0 Å². The number of hydrogen-bond donors (Lipinski definition) is 4. The van der Waals surface area contributed by atoms with E-state index in [-0.39, 0.29) is 24.6 Å². The first-order valence-corrected chi connectivity index (χ1v) is 9.98. The van der Waals surface area contributed by atoms with Crippen molar-refractivity contribution in [3.63, 3.8) is 0 Å². The number of carbonyl (C=O) groups is 2. The molecule has 0 fully saturated rings. The van der Waals surface area contributed by atoms with Gasteiger partial charge in [0.05, 0.1) is 18.6 Å². The summed E-state index contributed by atoms with van der Waals surface area (Å²) in [6.45, 7) is 0. The van der Waals surface area contributed by atoms with E-state index >= 15 is 0 Å². The van der Waals surface area contributed by atoms with Crippen LogP contribution in [0.25, 0.3) is 0 Å². The van der Waals surface area contributed by atoms with Gasteiger partial charge in [0.2, 0.25) is 5.91 Å². The fourth-order valence-corrected chi connectivity index (χ4v) is 3.37. The Morgan fingerprint density at radius 1 is 1.23 bits per heavy atom. The maximum absolute atomic E-state index is 12.5. The second-order valence-electron chi connectivity index (χ2n) is 7.42. The zero-order valence-corrected chi connectivity index (χ0v) is 17.0. The largest absolute Gasteiger partial charge is 0.481 e. The Bertz CT molecular complexity index is 960. The van der Waals surface area contributed by atoms with Gasteiger partial charge in [-0.3, -0.25) is 20.0 Å². The number of aryl methyl sites for hydroxylation is 1. The summed E-state index contributed by atoms with van der Waals surface area (Å²) in [4.78, 5) is 33.0. The van der Waals surface area contributed by atoms with Gasteiger partial charge in [-0.25, -0.2) is 0 Å². The van der Waals surface area contributed by atoms with Crippen molar-refractivity contribution < 1.29 is 19.5 Å². The molecule has 2 atom stereocenters. The van der Waals surface area contributed by atoms with Crippen LogP contribution in [-0.2, 0) is 20.8 Å². The van der Waals surface area contributed by atoms with Crippen LogP contribution in [0.4, 0.5) is 0 Å². The van der Waals surface area contributed by atoms with Crippen molar-refractivity contribution in [2.45, 2.75) is 44.2 Å². The molecule has 9 nitrogen and oxygen atoms in total. The normalized spacial score (nSPS) is 16.1. The van der Waals surface area contributed by atoms with Gasteiger partial charge in [-0.2, -0.15) is 0 Å². The molecule has 2 heterocycles. The average Bonchev–Trinajstić information content (AvgIpc) is 3.20. The van der Waals surface area contributed by atoms with Gasteiger partial charge in [-0.05, 0) is 36.1 Å². The molecule has 0 aliphatic carbocycles. The van der Waals surface area contributed by atoms with E-state index in [0.717, 1.165) is 11.1 Å². The molecule has 1 unspecified atom stereocenters. The number of pyridine rings is 1. The summed E-state index contributed by atoms with van der Waals surface area (Å²) in [5.74, 6) is -1.24. The number of benzene rings is 1. The van der Waals surface area contributed by atoms with Gasteiger partial charge in [-0.1, -0.05) is 29.4 Å². The van der Waals surface area contributed by atoms with E-state index in [1.807, 2.05) is 24.3 Å². The van der Waals surface area contributed by atoms with Crippen LogP contribution < -0.4 is 11.1 Å². The van der Waals surface area contributed by atoms with E-state index < -0.39 is 18.1 Å². The molecule has 0 saturated heterocycles. The second kappa shape index (κ2) is 10.3. The Balaban J connectivity index is 1.50. The number of nitrogen functional groups attached to an aromatic ring is 1. The van der Waals surface area contributed by atoms with Crippen LogP contribution in [0.2, 0.25) is 0 Å². The predicted octanol–water partition coefficient (Wildman–Crippen LogP) is 1.84. The van der Waals surface area contributed by atoms with Gasteiger partial charge in [-0.15, -0.1) is 0 Å². The lowest BCUT2D eigenvalue weighted by atomic mass is 10.0. The minimum Gasteiger partial charge on any atom is -0.481 e. The Morgan fingerprint density at radius 3 is 2.58 bits per heavy atom. The minimum absolute atomic E-state index is 0.00875. The molecule has 1 amide bonds. The summed E-state index contributed by atoms with van der Waals surface area (Å²) in [6.07, 6.45) is 4.52. The van der Waals surface area contributed by atoms with Crippen molar-refractivity contribution in [3.8, 4) is 0 Å². The van der Waals surface area contributed by atoms with E-state index in [2.05, 4.69) is 15.5 Å². The van der Waals surface area contributed by atoms with Gasteiger partial charge in [0.1, 0.15) is 11.9 Å². The number of nitrogens with one attached hydrogen (secondary N) is 2. The molecule has 0 radical (unpaired) electrons. The maximum Gasteiger partial charge on any atom is 0.305 e. The van der Waals surface area contributed by atoms with E-state index in [4.69, 9.17) is 21.1 Å². The van der Waals surface area contributed by atoms with Gasteiger partial charge in [0.25, 0.3) is 0 Å². The summed E-state index contributed by atoms with van der Waals surface area (Å²) < 4.78 is 0. The third-order valence-corrected chi connectivity index (χ3v) is 4.99. The van der Waals surface area contributed by atoms with Crippen molar-refractivity contribution in [2.24, 2.45) is 10.9 Å². The van der Waals surface area contributed by atoms with Crippen LogP contribution in [0.3, 0.4) is 0 Å². The number of nitrogens with two attached hydrogens (primary N) is 1. The predicted molar refractivity (Wildman–Crippen MR) is 115 cm³/mol. The van der Waals surface area contributed by atoms with E-state index in [1.54, 1.807) is 24.5 Å². The third kappa shape index (κ3) is 6.63. The molecule has 3 rings (SSSR count). The first-order chi connectivity index (χ1) is 14.9. The fourth-order valence-electron chi connectivity index (χ4n) is 3.37. The van der Waals surface area contributed by atoms with Crippen LogP contribution >= 0.6 is 0 Å². The molecule has 1 aliphatic heterocycles. The summed E-state index contributed by atoms with van der Waals surface area (Å²) in [5.41, 5.74) is 8.68. The number of aromatic nitrogens is 1. The summed E-state index contributed by atoms with van der Waals surface area (Å²) in [7, 11) is 0. The lowest BCUT2D eigenvalue weighted by Crippen LogP contribution is -2.38. The van der Waals surface area contributed by atoms with Crippen molar-refractivity contribution in [1.29, 1.82) is 5.41 Å². The number of aliphatic carboxylic acids is 1. The molecule has 31 heavy (non-hydrogen) atoms. The number of rotatable bonds is 10. The molecule has 2 aromatic rings. The SMILES string of the molecule is N=C(N)c1ccc(C2=NOC(CC(=O)N[C@H](CCc3ccncc3)CC(=O)O)C2)cc1. The van der Waals surface area contributed by atoms with Crippen LogP contribution in [0.15, 0.2) is 53.9 Å². The number of carbonyl (C=O) groups excluding carboxylic acids is 1. The quantitative estimate of drug-likeness (QED) is 0.338. The Kier molecular flexibility index (Phi) is 7.31. The Morgan fingerprint density at radius 2 is 1.94 bits per heavy atom. The topological polar surface area (TPSA) is 151 Å². The number of amides is 1. The lowest BCUT2D eigenvalue weighted by Gasteiger charge is -2.18. The van der Waals surface area contributed by atoms with Crippen LogP contribution in [-0.4, -0.2) is 45.7 Å². The highest BCUT2D eigenvalue weighted by molar-refractivity contribution is 6.02. The summed E-state index contributed by atoms with van der Waals surface area (Å²) in [5, 5.41) is 23.5. The summed E-state index contributed by atoms with van der Waals surface area (Å²) in [6, 6.07) is 10.4. The monoisotopic (exact) mass is 423 g/mol. The van der Waals surface area contributed by atoms with Gasteiger partial charge in [0, 0.05) is 30.4 Å². The van der Waals surface area contributed by atoms with Gasteiger partial charge in [0.15, 0.2) is 0 Å². The van der Waals surface area contributed by atoms with Crippen LogP contribution in [0, 0.1) is 5.41 Å². The molecule has 0 spiro atoms. The molecule has 0 saturated carbocycles. The Hall–Kier alpha value is -3.75. The van der Waals surface area contributed by atoms with Crippen molar-refractivity contribution in [3.05, 3.63) is 65.5 Å².